The topological polar surface area (TPSA) is 32.3 Å². The number of rotatable bonds is 5. The molecule has 86 valence electrons. The number of benzene rings is 1. The number of aliphatic hydroxyl groups is 1. The van der Waals surface area contributed by atoms with Gasteiger partial charge in [0.25, 0.3) is 0 Å². The third kappa shape index (κ3) is 7.11. The van der Waals surface area contributed by atoms with Crippen molar-refractivity contribution in [3.63, 3.8) is 0 Å². The van der Waals surface area contributed by atoms with Crippen LogP contribution in [-0.2, 0) is 6.42 Å². The van der Waals surface area contributed by atoms with E-state index >= 15 is 0 Å². The van der Waals surface area contributed by atoms with E-state index in [4.69, 9.17) is 5.11 Å². The molecule has 2 nitrogen and oxygen atoms in total. The summed E-state index contributed by atoms with van der Waals surface area (Å²) in [5, 5.41) is 10.4. The highest BCUT2D eigenvalue weighted by Crippen LogP contribution is 2.02. The second-order valence-corrected chi connectivity index (χ2v) is 3.49. The Bertz CT molecular complexity index is 231. The molecule has 0 aliphatic rings. The van der Waals surface area contributed by atoms with Crippen LogP contribution in [0.3, 0.4) is 0 Å². The summed E-state index contributed by atoms with van der Waals surface area (Å²) in [6, 6.07) is 8.77. The smallest absolute Gasteiger partial charge is 0.0319 e. The SMILES string of the molecule is CCCNCCc1ccc(C)cc1.CO. The Labute approximate surface area is 93.3 Å². The maximum atomic E-state index is 7.00. The standard InChI is InChI=1S/C12H19N.CH4O/c1-3-9-13-10-8-12-6-4-11(2)5-7-12;1-2/h4-7,13H,3,8-10H2,1-2H3;2H,1H3. The highest BCUT2D eigenvalue weighted by Gasteiger charge is 1.91. The average Bonchev–Trinajstić information content (AvgIpc) is 2.30. The first-order valence-electron chi connectivity index (χ1n) is 5.54. The van der Waals surface area contributed by atoms with Crippen molar-refractivity contribution in [2.75, 3.05) is 20.2 Å². The van der Waals surface area contributed by atoms with Crippen molar-refractivity contribution in [2.45, 2.75) is 26.7 Å². The first-order chi connectivity index (χ1) is 7.33. The molecule has 15 heavy (non-hydrogen) atoms. The van der Waals surface area contributed by atoms with Crippen LogP contribution in [0.15, 0.2) is 24.3 Å². The maximum Gasteiger partial charge on any atom is 0.0319 e. The van der Waals surface area contributed by atoms with Crippen molar-refractivity contribution in [1.29, 1.82) is 0 Å². The van der Waals surface area contributed by atoms with E-state index in [2.05, 4.69) is 43.4 Å². The van der Waals surface area contributed by atoms with E-state index in [-0.39, 0.29) is 0 Å². The summed E-state index contributed by atoms with van der Waals surface area (Å²) in [6.07, 6.45) is 2.36. The minimum absolute atomic E-state index is 1.00. The predicted molar refractivity (Wildman–Crippen MR) is 66.2 cm³/mol. The first-order valence-corrected chi connectivity index (χ1v) is 5.54. The molecule has 0 heterocycles. The molecule has 0 aliphatic heterocycles. The van der Waals surface area contributed by atoms with Gasteiger partial charge < -0.3 is 10.4 Å². The molecule has 0 saturated heterocycles. The van der Waals surface area contributed by atoms with Crippen LogP contribution in [-0.4, -0.2) is 25.3 Å². The third-order valence-corrected chi connectivity index (χ3v) is 2.14. The highest BCUT2D eigenvalue weighted by atomic mass is 16.2. The normalized spacial score (nSPS) is 9.33. The molecule has 0 aromatic heterocycles. The van der Waals surface area contributed by atoms with Gasteiger partial charge in [-0.15, -0.1) is 0 Å². The minimum atomic E-state index is 1.00. The van der Waals surface area contributed by atoms with E-state index < -0.39 is 0 Å². The molecule has 0 saturated carbocycles. The van der Waals surface area contributed by atoms with Crippen LogP contribution < -0.4 is 5.32 Å². The van der Waals surface area contributed by atoms with E-state index in [0.717, 1.165) is 26.6 Å². The van der Waals surface area contributed by atoms with Crippen LogP contribution in [0.5, 0.6) is 0 Å². The van der Waals surface area contributed by atoms with Gasteiger partial charge in [-0.3, -0.25) is 0 Å². The van der Waals surface area contributed by atoms with E-state index in [9.17, 15) is 0 Å². The van der Waals surface area contributed by atoms with Gasteiger partial charge in [0.2, 0.25) is 0 Å². The third-order valence-electron chi connectivity index (χ3n) is 2.14. The molecule has 1 aromatic rings. The predicted octanol–water partition coefficient (Wildman–Crippen LogP) is 2.15. The maximum absolute atomic E-state index is 7.00. The molecule has 0 aliphatic carbocycles. The number of aliphatic hydroxyl groups excluding tert-OH is 1. The molecule has 2 heteroatoms. The monoisotopic (exact) mass is 209 g/mol. The Morgan fingerprint density at radius 3 is 2.20 bits per heavy atom. The minimum Gasteiger partial charge on any atom is -0.400 e. The summed E-state index contributed by atoms with van der Waals surface area (Å²) in [5.74, 6) is 0. The Balaban J connectivity index is 0.000000921. The number of hydrogen-bond acceptors (Lipinski definition) is 2. The molecule has 0 atom stereocenters. The summed E-state index contributed by atoms with van der Waals surface area (Å²) in [7, 11) is 1.00. The first kappa shape index (κ1) is 14.1. The Kier molecular flexibility index (Phi) is 9.13. The van der Waals surface area contributed by atoms with Crippen LogP contribution in [0.4, 0.5) is 0 Å². The largest absolute Gasteiger partial charge is 0.400 e. The average molecular weight is 209 g/mol. The van der Waals surface area contributed by atoms with Gasteiger partial charge in [-0.1, -0.05) is 36.8 Å². The molecule has 0 radical (unpaired) electrons. The second-order valence-electron chi connectivity index (χ2n) is 3.49. The van der Waals surface area contributed by atoms with Crippen molar-refractivity contribution in [1.82, 2.24) is 5.32 Å². The lowest BCUT2D eigenvalue weighted by Gasteiger charge is -2.03. The van der Waals surface area contributed by atoms with Crippen molar-refractivity contribution in [3.8, 4) is 0 Å². The molecule has 0 amide bonds. The van der Waals surface area contributed by atoms with Crippen molar-refractivity contribution in [2.24, 2.45) is 0 Å². The lowest BCUT2D eigenvalue weighted by atomic mass is 10.1. The zero-order valence-electron chi connectivity index (χ0n) is 10.1. The van der Waals surface area contributed by atoms with Crippen LogP contribution in [0, 0.1) is 6.92 Å². The quantitative estimate of drug-likeness (QED) is 0.728. The highest BCUT2D eigenvalue weighted by molar-refractivity contribution is 5.21. The van der Waals surface area contributed by atoms with Gasteiger partial charge >= 0.3 is 0 Å². The van der Waals surface area contributed by atoms with Crippen molar-refractivity contribution in [3.05, 3.63) is 35.4 Å². The molecule has 0 fully saturated rings. The van der Waals surface area contributed by atoms with Gasteiger partial charge in [0.15, 0.2) is 0 Å². The number of hydrogen-bond donors (Lipinski definition) is 2. The summed E-state index contributed by atoms with van der Waals surface area (Å²) >= 11 is 0. The fraction of sp³-hybridized carbons (Fsp3) is 0.538. The van der Waals surface area contributed by atoms with E-state index in [1.54, 1.807) is 0 Å². The van der Waals surface area contributed by atoms with Gasteiger partial charge in [0.05, 0.1) is 0 Å². The second kappa shape index (κ2) is 9.69. The van der Waals surface area contributed by atoms with Crippen molar-refractivity contribution < 1.29 is 5.11 Å². The molecule has 1 rings (SSSR count). The summed E-state index contributed by atoms with van der Waals surface area (Å²) in [6.45, 7) is 6.54. The van der Waals surface area contributed by atoms with E-state index in [0.29, 0.717) is 0 Å². The number of nitrogens with one attached hydrogen (secondary N) is 1. The lowest BCUT2D eigenvalue weighted by molar-refractivity contribution is 0.399. The van der Waals surface area contributed by atoms with Gasteiger partial charge in [0, 0.05) is 7.11 Å². The van der Waals surface area contributed by atoms with Gasteiger partial charge in [0.1, 0.15) is 0 Å². The summed E-state index contributed by atoms with van der Waals surface area (Å²) in [4.78, 5) is 0. The molecular weight excluding hydrogens is 186 g/mol. The van der Waals surface area contributed by atoms with Crippen LogP contribution in [0.25, 0.3) is 0 Å². The molecular formula is C13H23NO. The van der Waals surface area contributed by atoms with Gasteiger partial charge in [-0.05, 0) is 38.4 Å². The molecule has 0 bridgehead atoms. The zero-order valence-corrected chi connectivity index (χ0v) is 10.1. The molecule has 0 unspecified atom stereocenters. The van der Waals surface area contributed by atoms with Crippen molar-refractivity contribution >= 4 is 0 Å². The van der Waals surface area contributed by atoms with Crippen LogP contribution in [0.2, 0.25) is 0 Å². The van der Waals surface area contributed by atoms with Gasteiger partial charge in [-0.2, -0.15) is 0 Å². The number of aryl methyl sites for hydroxylation is 1. The Hall–Kier alpha value is -0.860. The molecule has 0 spiro atoms. The zero-order chi connectivity index (χ0) is 11.5. The summed E-state index contributed by atoms with van der Waals surface area (Å²) < 4.78 is 0. The summed E-state index contributed by atoms with van der Waals surface area (Å²) in [5.41, 5.74) is 2.76. The fourth-order valence-electron chi connectivity index (χ4n) is 1.29. The molecule has 2 N–H and O–H groups in total. The van der Waals surface area contributed by atoms with Crippen LogP contribution in [0.1, 0.15) is 24.5 Å². The van der Waals surface area contributed by atoms with Gasteiger partial charge in [-0.25, -0.2) is 0 Å². The van der Waals surface area contributed by atoms with E-state index in [1.807, 2.05) is 0 Å². The Morgan fingerprint density at radius 2 is 1.67 bits per heavy atom. The fourth-order valence-corrected chi connectivity index (χ4v) is 1.29. The molecule has 1 aromatic carbocycles. The van der Waals surface area contributed by atoms with Crippen LogP contribution >= 0.6 is 0 Å². The Morgan fingerprint density at radius 1 is 1.07 bits per heavy atom. The van der Waals surface area contributed by atoms with E-state index in [1.165, 1.54) is 17.5 Å². The lowest BCUT2D eigenvalue weighted by Crippen LogP contribution is -2.17.